The molecule has 5 heteroatoms. The molecule has 0 saturated carbocycles. The second-order valence-corrected chi connectivity index (χ2v) is 5.05. The van der Waals surface area contributed by atoms with E-state index in [-0.39, 0.29) is 0 Å². The Morgan fingerprint density at radius 3 is 2.55 bits per heavy atom. The van der Waals surface area contributed by atoms with E-state index in [9.17, 15) is 0 Å². The molecule has 5 nitrogen and oxygen atoms in total. The quantitative estimate of drug-likeness (QED) is 0.729. The number of rotatable bonds is 3. The molecule has 2 aromatic heterocycles. The molecule has 0 unspecified atom stereocenters. The highest BCUT2D eigenvalue weighted by molar-refractivity contribution is 5.46. The van der Waals surface area contributed by atoms with Gasteiger partial charge in [-0.2, -0.15) is 9.50 Å². The van der Waals surface area contributed by atoms with E-state index in [1.54, 1.807) is 4.52 Å². The van der Waals surface area contributed by atoms with Gasteiger partial charge >= 0.3 is 0 Å². The molecule has 0 radical (unpaired) electrons. The number of hydrogen-bond donors (Lipinski definition) is 0. The zero-order valence-corrected chi connectivity index (χ0v) is 11.9. The van der Waals surface area contributed by atoms with Gasteiger partial charge in [-0.1, -0.05) is 30.3 Å². The first-order valence-electron chi connectivity index (χ1n) is 6.58. The summed E-state index contributed by atoms with van der Waals surface area (Å²) in [5.41, 5.74) is 2.14. The lowest BCUT2D eigenvalue weighted by Crippen LogP contribution is -2.14. The van der Waals surface area contributed by atoms with E-state index in [0.717, 1.165) is 23.8 Å². The van der Waals surface area contributed by atoms with Crippen molar-refractivity contribution in [3.8, 4) is 0 Å². The summed E-state index contributed by atoms with van der Waals surface area (Å²) in [6, 6.07) is 12.2. The zero-order chi connectivity index (χ0) is 14.1. The summed E-state index contributed by atoms with van der Waals surface area (Å²) in [6.45, 7) is 1.97. The third kappa shape index (κ3) is 2.34. The van der Waals surface area contributed by atoms with Crippen LogP contribution in [0.2, 0.25) is 0 Å². The van der Waals surface area contributed by atoms with E-state index in [2.05, 4.69) is 27.2 Å². The Morgan fingerprint density at radius 1 is 1.10 bits per heavy atom. The maximum atomic E-state index is 4.57. The molecule has 1 aromatic carbocycles. The van der Waals surface area contributed by atoms with Crippen LogP contribution < -0.4 is 4.90 Å². The molecule has 0 amide bonds. The molecule has 0 atom stereocenters. The van der Waals surface area contributed by atoms with Gasteiger partial charge in [0.15, 0.2) is 5.82 Å². The van der Waals surface area contributed by atoms with Crippen LogP contribution in [-0.2, 0) is 6.42 Å². The molecule has 3 rings (SSSR count). The predicted octanol–water partition coefficient (Wildman–Crippen LogP) is 2.09. The van der Waals surface area contributed by atoms with E-state index in [4.69, 9.17) is 0 Å². The Labute approximate surface area is 117 Å². The summed E-state index contributed by atoms with van der Waals surface area (Å²) < 4.78 is 1.80. The van der Waals surface area contributed by atoms with Crippen LogP contribution in [0.25, 0.3) is 5.78 Å². The highest BCUT2D eigenvalue weighted by atomic mass is 15.4. The first-order chi connectivity index (χ1) is 9.63. The highest BCUT2D eigenvalue weighted by Crippen LogP contribution is 2.15. The Balaban J connectivity index is 2.04. The lowest BCUT2D eigenvalue weighted by molar-refractivity contribution is 0.861. The number of aromatic nitrogens is 4. The van der Waals surface area contributed by atoms with Crippen molar-refractivity contribution in [2.24, 2.45) is 0 Å². The molecule has 0 bridgehead atoms. The fraction of sp³-hybridized carbons (Fsp3) is 0.267. The molecule has 0 saturated heterocycles. The normalized spacial score (nSPS) is 10.9. The number of hydrogen-bond acceptors (Lipinski definition) is 4. The largest absolute Gasteiger partial charge is 0.363 e. The van der Waals surface area contributed by atoms with Gasteiger partial charge < -0.3 is 4.90 Å². The molecule has 20 heavy (non-hydrogen) atoms. The molecular weight excluding hydrogens is 250 g/mol. The first kappa shape index (κ1) is 12.6. The van der Waals surface area contributed by atoms with Crippen LogP contribution in [0.3, 0.4) is 0 Å². The Morgan fingerprint density at radius 2 is 1.85 bits per heavy atom. The van der Waals surface area contributed by atoms with Crippen molar-refractivity contribution in [2.75, 3.05) is 19.0 Å². The Hall–Kier alpha value is -2.43. The van der Waals surface area contributed by atoms with E-state index in [1.807, 2.05) is 50.2 Å². The fourth-order valence-electron chi connectivity index (χ4n) is 2.18. The van der Waals surface area contributed by atoms with Gasteiger partial charge in [-0.3, -0.25) is 0 Å². The van der Waals surface area contributed by atoms with Gasteiger partial charge in [0.1, 0.15) is 5.82 Å². The number of nitrogens with zero attached hydrogens (tertiary/aromatic N) is 5. The Kier molecular flexibility index (Phi) is 3.10. The van der Waals surface area contributed by atoms with Crippen LogP contribution in [0, 0.1) is 6.92 Å². The first-order valence-corrected chi connectivity index (χ1v) is 6.58. The van der Waals surface area contributed by atoms with Crippen molar-refractivity contribution < 1.29 is 0 Å². The standard InChI is InChI=1S/C15H17N5/c1-11-9-14(19(2)3)20-15(16-11)17-13(18-20)10-12-7-5-4-6-8-12/h4-9H,10H2,1-3H3. The van der Waals surface area contributed by atoms with Crippen molar-refractivity contribution in [3.05, 3.63) is 53.5 Å². The monoisotopic (exact) mass is 267 g/mol. The van der Waals surface area contributed by atoms with E-state index in [0.29, 0.717) is 5.78 Å². The van der Waals surface area contributed by atoms with Gasteiger partial charge in [-0.05, 0) is 12.5 Å². The van der Waals surface area contributed by atoms with Gasteiger partial charge in [-0.15, -0.1) is 5.10 Å². The summed E-state index contributed by atoms with van der Waals surface area (Å²) in [6.07, 6.45) is 0.718. The van der Waals surface area contributed by atoms with Gasteiger partial charge in [0.05, 0.1) is 0 Å². The Bertz CT molecular complexity index is 731. The number of aryl methyl sites for hydroxylation is 1. The topological polar surface area (TPSA) is 46.3 Å². The third-order valence-corrected chi connectivity index (χ3v) is 3.13. The average molecular weight is 267 g/mol. The van der Waals surface area contributed by atoms with Crippen molar-refractivity contribution in [1.29, 1.82) is 0 Å². The predicted molar refractivity (Wildman–Crippen MR) is 79.1 cm³/mol. The fourth-order valence-corrected chi connectivity index (χ4v) is 2.18. The molecule has 0 aliphatic rings. The molecule has 0 spiro atoms. The SMILES string of the molecule is Cc1cc(N(C)C)n2nc(Cc3ccccc3)nc2n1. The summed E-state index contributed by atoms with van der Waals surface area (Å²) >= 11 is 0. The molecule has 0 fully saturated rings. The number of fused-ring (bicyclic) bond motifs is 1. The van der Waals surface area contributed by atoms with E-state index >= 15 is 0 Å². The molecular formula is C15H17N5. The summed E-state index contributed by atoms with van der Waals surface area (Å²) in [4.78, 5) is 11.0. The van der Waals surface area contributed by atoms with Crippen LogP contribution in [0.15, 0.2) is 36.4 Å². The molecule has 0 aliphatic heterocycles. The van der Waals surface area contributed by atoms with Crippen LogP contribution in [-0.4, -0.2) is 33.7 Å². The second-order valence-electron chi connectivity index (χ2n) is 5.05. The second kappa shape index (κ2) is 4.92. The smallest absolute Gasteiger partial charge is 0.254 e. The van der Waals surface area contributed by atoms with Crippen LogP contribution in [0.1, 0.15) is 17.1 Å². The molecule has 3 aromatic rings. The van der Waals surface area contributed by atoms with Crippen LogP contribution in [0.4, 0.5) is 5.82 Å². The molecule has 2 heterocycles. The third-order valence-electron chi connectivity index (χ3n) is 3.13. The lowest BCUT2D eigenvalue weighted by atomic mass is 10.1. The minimum absolute atomic E-state index is 0.652. The molecule has 0 N–H and O–H groups in total. The number of anilines is 1. The van der Waals surface area contributed by atoms with Crippen molar-refractivity contribution in [3.63, 3.8) is 0 Å². The summed E-state index contributed by atoms with van der Waals surface area (Å²) in [5, 5.41) is 4.57. The van der Waals surface area contributed by atoms with Crippen LogP contribution in [0.5, 0.6) is 0 Å². The summed E-state index contributed by atoms with van der Waals surface area (Å²) in [5.74, 6) is 2.43. The maximum absolute atomic E-state index is 4.57. The van der Waals surface area contributed by atoms with Crippen molar-refractivity contribution in [2.45, 2.75) is 13.3 Å². The van der Waals surface area contributed by atoms with Gasteiger partial charge in [0.25, 0.3) is 5.78 Å². The number of benzene rings is 1. The van der Waals surface area contributed by atoms with Gasteiger partial charge in [0.2, 0.25) is 0 Å². The van der Waals surface area contributed by atoms with Crippen molar-refractivity contribution in [1.82, 2.24) is 19.6 Å². The van der Waals surface area contributed by atoms with Gasteiger partial charge in [0, 0.05) is 32.3 Å². The minimum atomic E-state index is 0.652. The van der Waals surface area contributed by atoms with E-state index < -0.39 is 0 Å². The average Bonchev–Trinajstić information content (AvgIpc) is 2.80. The highest BCUT2D eigenvalue weighted by Gasteiger charge is 2.11. The zero-order valence-electron chi connectivity index (χ0n) is 11.9. The minimum Gasteiger partial charge on any atom is -0.363 e. The van der Waals surface area contributed by atoms with E-state index in [1.165, 1.54) is 5.56 Å². The maximum Gasteiger partial charge on any atom is 0.254 e. The molecule has 102 valence electrons. The van der Waals surface area contributed by atoms with Crippen LogP contribution >= 0.6 is 0 Å². The van der Waals surface area contributed by atoms with Gasteiger partial charge in [-0.25, -0.2) is 4.98 Å². The lowest BCUT2D eigenvalue weighted by Gasteiger charge is -2.13. The van der Waals surface area contributed by atoms with Crippen molar-refractivity contribution >= 4 is 11.6 Å². The molecule has 0 aliphatic carbocycles. The summed E-state index contributed by atoms with van der Waals surface area (Å²) in [7, 11) is 3.99.